The van der Waals surface area contributed by atoms with Crippen LogP contribution in [0.1, 0.15) is 24.0 Å². The SMILES string of the molecule is CCOC(=O)C1=C(c2cc(F)c(Cl)nc2Cl)OC(N)=C(C#N)C1c1ccccc1. The lowest BCUT2D eigenvalue weighted by Gasteiger charge is -2.28. The molecule has 2 N–H and O–H groups in total. The van der Waals surface area contributed by atoms with Gasteiger partial charge in [0.25, 0.3) is 0 Å². The van der Waals surface area contributed by atoms with Crippen LogP contribution in [0, 0.1) is 17.1 Å². The molecule has 1 aromatic heterocycles. The molecule has 0 saturated carbocycles. The first-order valence-corrected chi connectivity index (χ1v) is 9.20. The summed E-state index contributed by atoms with van der Waals surface area (Å²) in [6.45, 7) is 1.70. The number of benzene rings is 1. The van der Waals surface area contributed by atoms with Crippen LogP contribution in [0.4, 0.5) is 4.39 Å². The Balaban J connectivity index is 2.34. The zero-order chi connectivity index (χ0) is 21.1. The van der Waals surface area contributed by atoms with E-state index < -0.39 is 22.9 Å². The van der Waals surface area contributed by atoms with Crippen LogP contribution in [-0.4, -0.2) is 17.6 Å². The molecule has 1 aliphatic heterocycles. The van der Waals surface area contributed by atoms with Crippen LogP contribution in [0.2, 0.25) is 10.3 Å². The topological polar surface area (TPSA) is 98.2 Å². The molecule has 0 fully saturated rings. The van der Waals surface area contributed by atoms with Crippen LogP contribution in [0.3, 0.4) is 0 Å². The molecule has 0 saturated heterocycles. The number of nitrogens with zero attached hydrogens (tertiary/aromatic N) is 2. The fraction of sp³-hybridized carbons (Fsp3) is 0.150. The molecule has 1 aromatic carbocycles. The van der Waals surface area contributed by atoms with Gasteiger partial charge >= 0.3 is 5.97 Å². The monoisotopic (exact) mass is 433 g/mol. The Labute approximate surface area is 176 Å². The number of allylic oxidation sites excluding steroid dienone is 1. The minimum absolute atomic E-state index is 0.0153. The zero-order valence-corrected chi connectivity index (χ0v) is 16.6. The molecule has 0 spiro atoms. The number of hydrogen-bond acceptors (Lipinski definition) is 6. The van der Waals surface area contributed by atoms with Gasteiger partial charge in [-0.3, -0.25) is 0 Å². The van der Waals surface area contributed by atoms with Gasteiger partial charge in [-0.25, -0.2) is 14.2 Å². The van der Waals surface area contributed by atoms with E-state index in [-0.39, 0.29) is 40.1 Å². The molecule has 9 heteroatoms. The van der Waals surface area contributed by atoms with Gasteiger partial charge in [0.05, 0.1) is 23.7 Å². The number of esters is 1. The highest BCUT2D eigenvalue weighted by molar-refractivity contribution is 6.33. The van der Waals surface area contributed by atoms with Crippen molar-refractivity contribution in [3.05, 3.63) is 80.7 Å². The van der Waals surface area contributed by atoms with Crippen LogP contribution in [0.25, 0.3) is 5.76 Å². The predicted octanol–water partition coefficient (Wildman–Crippen LogP) is 4.31. The van der Waals surface area contributed by atoms with Gasteiger partial charge in [-0.05, 0) is 18.6 Å². The van der Waals surface area contributed by atoms with Crippen molar-refractivity contribution in [1.29, 1.82) is 5.26 Å². The maximum Gasteiger partial charge on any atom is 0.338 e. The van der Waals surface area contributed by atoms with Crippen molar-refractivity contribution in [1.82, 2.24) is 4.98 Å². The number of pyridine rings is 1. The molecule has 6 nitrogen and oxygen atoms in total. The van der Waals surface area contributed by atoms with E-state index in [1.165, 1.54) is 0 Å². The number of carbonyl (C=O) groups is 1. The molecule has 3 rings (SSSR count). The third kappa shape index (κ3) is 3.90. The van der Waals surface area contributed by atoms with Gasteiger partial charge in [0.15, 0.2) is 16.7 Å². The Hall–Kier alpha value is -3.08. The quantitative estimate of drug-likeness (QED) is 0.569. The lowest BCUT2D eigenvalue weighted by Crippen LogP contribution is -2.26. The molecule has 1 atom stereocenters. The van der Waals surface area contributed by atoms with E-state index in [2.05, 4.69) is 4.98 Å². The molecule has 0 amide bonds. The third-order valence-corrected chi connectivity index (χ3v) is 4.73. The van der Waals surface area contributed by atoms with Crippen molar-refractivity contribution in [2.24, 2.45) is 5.73 Å². The number of carbonyl (C=O) groups excluding carboxylic acids is 1. The Morgan fingerprint density at radius 3 is 2.66 bits per heavy atom. The number of halogens is 3. The minimum atomic E-state index is -0.904. The first kappa shape index (κ1) is 20.6. The first-order valence-electron chi connectivity index (χ1n) is 8.44. The second-order valence-corrected chi connectivity index (χ2v) is 6.61. The van der Waals surface area contributed by atoms with Gasteiger partial charge in [-0.15, -0.1) is 0 Å². The molecule has 148 valence electrons. The van der Waals surface area contributed by atoms with Crippen molar-refractivity contribution in [3.8, 4) is 6.07 Å². The summed E-state index contributed by atoms with van der Waals surface area (Å²) in [6.07, 6.45) is 0. The lowest BCUT2D eigenvalue weighted by atomic mass is 9.82. The molecule has 0 bridgehead atoms. The number of nitrogens with two attached hydrogens (primary N) is 1. The summed E-state index contributed by atoms with van der Waals surface area (Å²) in [5, 5.41) is 9.02. The summed E-state index contributed by atoms with van der Waals surface area (Å²) in [6, 6.07) is 11.7. The number of hydrogen-bond donors (Lipinski definition) is 1. The molecule has 2 aromatic rings. The van der Waals surface area contributed by atoms with E-state index in [0.29, 0.717) is 5.56 Å². The lowest BCUT2D eigenvalue weighted by molar-refractivity contribution is -0.138. The molecule has 0 radical (unpaired) electrons. The smallest absolute Gasteiger partial charge is 0.338 e. The minimum Gasteiger partial charge on any atom is -0.463 e. The Kier molecular flexibility index (Phi) is 6.06. The fourth-order valence-corrected chi connectivity index (χ4v) is 3.37. The largest absolute Gasteiger partial charge is 0.463 e. The first-order chi connectivity index (χ1) is 13.9. The van der Waals surface area contributed by atoms with Crippen LogP contribution in [0.15, 0.2) is 53.4 Å². The van der Waals surface area contributed by atoms with E-state index in [1.807, 2.05) is 6.07 Å². The maximum atomic E-state index is 14.1. The Bertz CT molecular complexity index is 1080. The summed E-state index contributed by atoms with van der Waals surface area (Å²) in [7, 11) is 0. The van der Waals surface area contributed by atoms with Crippen LogP contribution in [-0.2, 0) is 14.3 Å². The van der Waals surface area contributed by atoms with Crippen molar-refractivity contribution in [2.75, 3.05) is 6.61 Å². The van der Waals surface area contributed by atoms with Crippen molar-refractivity contribution >= 4 is 34.9 Å². The molecular formula is C20H14Cl2FN3O3. The molecule has 1 aliphatic rings. The highest BCUT2D eigenvalue weighted by atomic mass is 35.5. The van der Waals surface area contributed by atoms with Gasteiger partial charge in [0, 0.05) is 0 Å². The molecule has 0 aliphatic carbocycles. The number of aromatic nitrogens is 1. The van der Waals surface area contributed by atoms with E-state index in [9.17, 15) is 14.4 Å². The van der Waals surface area contributed by atoms with Crippen molar-refractivity contribution in [2.45, 2.75) is 12.8 Å². The van der Waals surface area contributed by atoms with E-state index >= 15 is 0 Å². The number of nitriles is 1. The summed E-state index contributed by atoms with van der Waals surface area (Å²) < 4.78 is 24.8. The third-order valence-electron chi connectivity index (χ3n) is 4.18. The summed E-state index contributed by atoms with van der Waals surface area (Å²) in [4.78, 5) is 16.6. The van der Waals surface area contributed by atoms with Crippen molar-refractivity contribution in [3.63, 3.8) is 0 Å². The van der Waals surface area contributed by atoms with E-state index in [1.54, 1.807) is 37.3 Å². The van der Waals surface area contributed by atoms with E-state index in [4.69, 9.17) is 38.4 Å². The highest BCUT2D eigenvalue weighted by Crippen LogP contribution is 2.44. The summed E-state index contributed by atoms with van der Waals surface area (Å²) in [5.41, 5.74) is 6.48. The molecule has 1 unspecified atom stereocenters. The normalized spacial score (nSPS) is 16.3. The van der Waals surface area contributed by atoms with Crippen molar-refractivity contribution < 1.29 is 18.7 Å². The molecule has 29 heavy (non-hydrogen) atoms. The number of ether oxygens (including phenoxy) is 2. The van der Waals surface area contributed by atoms with Crippen LogP contribution in [0.5, 0.6) is 0 Å². The maximum absolute atomic E-state index is 14.1. The van der Waals surface area contributed by atoms with Crippen LogP contribution < -0.4 is 5.73 Å². The molecule has 2 heterocycles. The van der Waals surface area contributed by atoms with Gasteiger partial charge in [0.1, 0.15) is 16.8 Å². The zero-order valence-electron chi connectivity index (χ0n) is 15.1. The standard InChI is InChI=1S/C20H14Cl2FN3O3/c1-2-28-20(27)15-14(10-6-4-3-5-7-10)12(9-24)19(25)29-16(15)11-8-13(23)18(22)26-17(11)21/h3-8,14H,2,25H2,1H3. The Morgan fingerprint density at radius 2 is 2.03 bits per heavy atom. The van der Waals surface area contributed by atoms with E-state index in [0.717, 1.165) is 6.07 Å². The number of rotatable bonds is 4. The average Bonchev–Trinajstić information content (AvgIpc) is 2.70. The molecular weight excluding hydrogens is 420 g/mol. The van der Waals surface area contributed by atoms with Crippen LogP contribution >= 0.6 is 23.2 Å². The highest BCUT2D eigenvalue weighted by Gasteiger charge is 2.39. The summed E-state index contributed by atoms with van der Waals surface area (Å²) in [5.74, 6) is -2.92. The predicted molar refractivity (Wildman–Crippen MR) is 105 cm³/mol. The second-order valence-electron chi connectivity index (χ2n) is 5.90. The summed E-state index contributed by atoms with van der Waals surface area (Å²) >= 11 is 11.8. The average molecular weight is 434 g/mol. The van der Waals surface area contributed by atoms with Gasteiger partial charge in [-0.2, -0.15) is 5.26 Å². The Morgan fingerprint density at radius 1 is 1.34 bits per heavy atom. The van der Waals surface area contributed by atoms with Gasteiger partial charge in [-0.1, -0.05) is 53.5 Å². The van der Waals surface area contributed by atoms with Gasteiger partial charge < -0.3 is 15.2 Å². The second kappa shape index (κ2) is 8.52. The fourth-order valence-electron chi connectivity index (χ4n) is 2.96. The van der Waals surface area contributed by atoms with Gasteiger partial charge in [0.2, 0.25) is 5.88 Å².